The van der Waals surface area contributed by atoms with Crippen LogP contribution in [0.3, 0.4) is 0 Å². The molecule has 0 aliphatic heterocycles. The lowest BCUT2D eigenvalue weighted by atomic mass is 10.1. The molecule has 0 aromatic heterocycles. The standard InChI is InChI=1S/C17H18N2O5/c1-2-24-16-5-3-4-13(17(16)21)10-18-11-15(20)12-6-8-14(9-7-12)19(22)23/h3-10,15,20-21H,2,11H2,1H3/t15-/m1/s1. The fourth-order valence-corrected chi connectivity index (χ4v) is 2.09. The van der Waals surface area contributed by atoms with Crippen LogP contribution in [0.4, 0.5) is 5.69 Å². The lowest BCUT2D eigenvalue weighted by molar-refractivity contribution is -0.384. The zero-order chi connectivity index (χ0) is 17.5. The highest BCUT2D eigenvalue weighted by molar-refractivity contribution is 5.84. The number of benzene rings is 2. The molecule has 0 unspecified atom stereocenters. The normalized spacial score (nSPS) is 12.2. The molecule has 7 heteroatoms. The maximum absolute atomic E-state index is 10.6. The maximum atomic E-state index is 10.6. The summed E-state index contributed by atoms with van der Waals surface area (Å²) >= 11 is 0. The first-order chi connectivity index (χ1) is 11.5. The van der Waals surface area contributed by atoms with E-state index in [2.05, 4.69) is 4.99 Å². The molecule has 7 nitrogen and oxygen atoms in total. The number of ether oxygens (including phenoxy) is 1. The molecule has 2 rings (SSSR count). The molecule has 0 heterocycles. The number of hydrogen-bond acceptors (Lipinski definition) is 6. The van der Waals surface area contributed by atoms with Gasteiger partial charge in [0.15, 0.2) is 11.5 Å². The minimum absolute atomic E-state index is 0.00655. The molecule has 0 radical (unpaired) electrons. The van der Waals surface area contributed by atoms with Gasteiger partial charge in [-0.1, -0.05) is 6.07 Å². The van der Waals surface area contributed by atoms with Crippen LogP contribution in [0.5, 0.6) is 11.5 Å². The summed E-state index contributed by atoms with van der Waals surface area (Å²) in [6, 6.07) is 10.7. The summed E-state index contributed by atoms with van der Waals surface area (Å²) in [5.41, 5.74) is 0.981. The quantitative estimate of drug-likeness (QED) is 0.461. The van der Waals surface area contributed by atoms with Gasteiger partial charge in [0.05, 0.1) is 24.2 Å². The van der Waals surface area contributed by atoms with Crippen LogP contribution in [0.1, 0.15) is 24.2 Å². The molecule has 0 spiro atoms. The van der Waals surface area contributed by atoms with E-state index in [0.29, 0.717) is 23.5 Å². The number of nitro groups is 1. The fraction of sp³-hybridized carbons (Fsp3) is 0.235. The van der Waals surface area contributed by atoms with Crippen molar-refractivity contribution in [2.45, 2.75) is 13.0 Å². The van der Waals surface area contributed by atoms with Crippen LogP contribution >= 0.6 is 0 Å². The predicted octanol–water partition coefficient (Wildman–Crippen LogP) is 2.85. The molecular formula is C17H18N2O5. The van der Waals surface area contributed by atoms with E-state index in [9.17, 15) is 20.3 Å². The number of non-ortho nitro benzene ring substituents is 1. The summed E-state index contributed by atoms with van der Waals surface area (Å²) in [5.74, 6) is 0.366. The molecule has 126 valence electrons. The summed E-state index contributed by atoms with van der Waals surface area (Å²) < 4.78 is 5.29. The van der Waals surface area contributed by atoms with E-state index in [4.69, 9.17) is 4.74 Å². The summed E-state index contributed by atoms with van der Waals surface area (Å²) in [6.45, 7) is 2.32. The molecule has 0 aliphatic carbocycles. The van der Waals surface area contributed by atoms with Crippen molar-refractivity contribution in [1.29, 1.82) is 0 Å². The van der Waals surface area contributed by atoms with Gasteiger partial charge in [0.2, 0.25) is 0 Å². The van der Waals surface area contributed by atoms with Gasteiger partial charge in [-0.05, 0) is 36.8 Å². The number of para-hydroxylation sites is 1. The van der Waals surface area contributed by atoms with Crippen molar-refractivity contribution in [3.05, 3.63) is 63.7 Å². The monoisotopic (exact) mass is 330 g/mol. The van der Waals surface area contributed by atoms with E-state index in [1.165, 1.54) is 30.5 Å². The van der Waals surface area contributed by atoms with Crippen LogP contribution in [0.2, 0.25) is 0 Å². The van der Waals surface area contributed by atoms with Gasteiger partial charge in [-0.25, -0.2) is 0 Å². The first kappa shape index (κ1) is 17.4. The Bertz CT molecular complexity index is 728. The van der Waals surface area contributed by atoms with Crippen molar-refractivity contribution >= 4 is 11.9 Å². The minimum atomic E-state index is -0.890. The molecule has 0 saturated carbocycles. The average molecular weight is 330 g/mol. The van der Waals surface area contributed by atoms with Crippen molar-refractivity contribution in [2.75, 3.05) is 13.2 Å². The van der Waals surface area contributed by atoms with E-state index in [1.807, 2.05) is 6.92 Å². The van der Waals surface area contributed by atoms with Gasteiger partial charge < -0.3 is 14.9 Å². The minimum Gasteiger partial charge on any atom is -0.504 e. The maximum Gasteiger partial charge on any atom is 0.269 e. The van der Waals surface area contributed by atoms with Crippen LogP contribution in [0.15, 0.2) is 47.5 Å². The van der Waals surface area contributed by atoms with Crippen LogP contribution in [-0.2, 0) is 0 Å². The number of nitrogens with zero attached hydrogens (tertiary/aromatic N) is 2. The molecule has 0 fully saturated rings. The number of nitro benzene ring substituents is 1. The third kappa shape index (κ3) is 4.30. The van der Waals surface area contributed by atoms with E-state index in [-0.39, 0.29) is 18.0 Å². The SMILES string of the molecule is CCOc1cccc(C=NC[C@@H](O)c2ccc([N+](=O)[O-])cc2)c1O. The second kappa shape index (κ2) is 8.07. The number of phenolic OH excluding ortho intramolecular Hbond substituents is 1. The third-order valence-corrected chi connectivity index (χ3v) is 3.33. The highest BCUT2D eigenvalue weighted by atomic mass is 16.6. The third-order valence-electron chi connectivity index (χ3n) is 3.33. The van der Waals surface area contributed by atoms with Crippen LogP contribution in [0.25, 0.3) is 0 Å². The van der Waals surface area contributed by atoms with Gasteiger partial charge in [0.25, 0.3) is 5.69 Å². The van der Waals surface area contributed by atoms with E-state index < -0.39 is 11.0 Å². The zero-order valence-electron chi connectivity index (χ0n) is 13.1. The second-order valence-electron chi connectivity index (χ2n) is 4.99. The molecule has 0 amide bonds. The van der Waals surface area contributed by atoms with E-state index in [1.54, 1.807) is 18.2 Å². The molecule has 0 aliphatic rings. The van der Waals surface area contributed by atoms with E-state index in [0.717, 1.165) is 0 Å². The summed E-state index contributed by atoms with van der Waals surface area (Å²) in [5, 5.41) is 30.7. The van der Waals surface area contributed by atoms with Gasteiger partial charge >= 0.3 is 0 Å². The second-order valence-corrected chi connectivity index (χ2v) is 4.99. The number of aliphatic hydroxyl groups excluding tert-OH is 1. The number of aromatic hydroxyl groups is 1. The lowest BCUT2D eigenvalue weighted by Gasteiger charge is -2.09. The number of phenols is 1. The molecule has 0 saturated heterocycles. The Morgan fingerprint density at radius 3 is 2.62 bits per heavy atom. The van der Waals surface area contributed by atoms with Gasteiger partial charge in [-0.3, -0.25) is 15.1 Å². The van der Waals surface area contributed by atoms with Gasteiger partial charge in [-0.2, -0.15) is 0 Å². The molecule has 2 aromatic carbocycles. The Kier molecular flexibility index (Phi) is 5.86. The van der Waals surface area contributed by atoms with Crippen LogP contribution in [0, 0.1) is 10.1 Å². The van der Waals surface area contributed by atoms with Gasteiger partial charge in [0.1, 0.15) is 0 Å². The fourth-order valence-electron chi connectivity index (χ4n) is 2.09. The number of hydrogen-bond donors (Lipinski definition) is 2. The Morgan fingerprint density at radius 2 is 2.00 bits per heavy atom. The van der Waals surface area contributed by atoms with Crippen molar-refractivity contribution in [3.8, 4) is 11.5 Å². The Hall–Kier alpha value is -2.93. The molecule has 2 aromatic rings. The van der Waals surface area contributed by atoms with Gasteiger partial charge in [0, 0.05) is 23.9 Å². The first-order valence-electron chi connectivity index (χ1n) is 7.40. The van der Waals surface area contributed by atoms with Crippen molar-refractivity contribution in [2.24, 2.45) is 4.99 Å². The zero-order valence-corrected chi connectivity index (χ0v) is 13.1. The Balaban J connectivity index is 2.03. The molecular weight excluding hydrogens is 312 g/mol. The van der Waals surface area contributed by atoms with Crippen molar-refractivity contribution in [1.82, 2.24) is 0 Å². The van der Waals surface area contributed by atoms with Gasteiger partial charge in [-0.15, -0.1) is 0 Å². The number of aliphatic imine (C=N–C) groups is 1. The lowest BCUT2D eigenvalue weighted by Crippen LogP contribution is -2.02. The Labute approximate surface area is 139 Å². The molecule has 2 N–H and O–H groups in total. The summed E-state index contributed by atoms with van der Waals surface area (Å²) in [7, 11) is 0. The number of aliphatic hydroxyl groups is 1. The van der Waals surface area contributed by atoms with Crippen LogP contribution < -0.4 is 4.74 Å². The largest absolute Gasteiger partial charge is 0.504 e. The smallest absolute Gasteiger partial charge is 0.269 e. The number of rotatable bonds is 7. The highest BCUT2D eigenvalue weighted by Gasteiger charge is 2.10. The van der Waals surface area contributed by atoms with Crippen molar-refractivity contribution in [3.63, 3.8) is 0 Å². The predicted molar refractivity (Wildman–Crippen MR) is 89.8 cm³/mol. The molecule has 1 atom stereocenters. The summed E-state index contributed by atoms with van der Waals surface area (Å²) in [6.07, 6.45) is 0.561. The first-order valence-corrected chi connectivity index (χ1v) is 7.40. The van der Waals surface area contributed by atoms with Crippen LogP contribution in [-0.4, -0.2) is 34.5 Å². The highest BCUT2D eigenvalue weighted by Crippen LogP contribution is 2.28. The topological polar surface area (TPSA) is 105 Å². The molecule has 24 heavy (non-hydrogen) atoms. The summed E-state index contributed by atoms with van der Waals surface area (Å²) in [4.78, 5) is 14.2. The van der Waals surface area contributed by atoms with Crippen molar-refractivity contribution < 1.29 is 19.9 Å². The average Bonchev–Trinajstić information content (AvgIpc) is 2.58. The Morgan fingerprint density at radius 1 is 1.29 bits per heavy atom. The van der Waals surface area contributed by atoms with E-state index >= 15 is 0 Å². The molecule has 0 bridgehead atoms.